The van der Waals surface area contributed by atoms with Crippen molar-refractivity contribution in [3.8, 4) is 0 Å². The number of amides is 1. The van der Waals surface area contributed by atoms with Crippen LogP contribution in [-0.4, -0.2) is 39.2 Å². The summed E-state index contributed by atoms with van der Waals surface area (Å²) >= 11 is 0. The van der Waals surface area contributed by atoms with Crippen LogP contribution in [0.3, 0.4) is 0 Å². The highest BCUT2D eigenvalue weighted by molar-refractivity contribution is 7.90. The van der Waals surface area contributed by atoms with Crippen LogP contribution in [0.1, 0.15) is 19.3 Å². The van der Waals surface area contributed by atoms with E-state index < -0.39 is 39.6 Å². The molecule has 2 unspecified atom stereocenters. The molecule has 0 spiro atoms. The molecule has 1 aliphatic carbocycles. The summed E-state index contributed by atoms with van der Waals surface area (Å²) in [5, 5.41) is -0.839. The van der Waals surface area contributed by atoms with Gasteiger partial charge >= 0.3 is 5.97 Å². The average Bonchev–Trinajstić information content (AvgIpc) is 2.75. The maximum atomic E-state index is 11.8. The number of ether oxygens (including phenoxy) is 1. The van der Waals surface area contributed by atoms with E-state index in [0.717, 1.165) is 0 Å². The van der Waals surface area contributed by atoms with Crippen LogP contribution in [0.4, 0.5) is 0 Å². The summed E-state index contributed by atoms with van der Waals surface area (Å²) in [7, 11) is -2.49. The van der Waals surface area contributed by atoms with Crippen LogP contribution in [0.15, 0.2) is 0 Å². The molecule has 7 nitrogen and oxygen atoms in total. The van der Waals surface area contributed by atoms with E-state index in [9.17, 15) is 18.0 Å². The maximum Gasteiger partial charge on any atom is 0.310 e. The van der Waals surface area contributed by atoms with Gasteiger partial charge in [0.1, 0.15) is 0 Å². The van der Waals surface area contributed by atoms with Crippen molar-refractivity contribution in [2.45, 2.75) is 24.5 Å². The molecule has 0 aliphatic heterocycles. The van der Waals surface area contributed by atoms with Gasteiger partial charge in [-0.2, -0.15) is 0 Å². The summed E-state index contributed by atoms with van der Waals surface area (Å²) in [6.07, 6.45) is 1.50. The van der Waals surface area contributed by atoms with Crippen LogP contribution < -0.4 is 10.5 Å². The molecule has 0 bridgehead atoms. The van der Waals surface area contributed by atoms with Crippen molar-refractivity contribution in [1.82, 2.24) is 4.72 Å². The Labute approximate surface area is 99.7 Å². The van der Waals surface area contributed by atoms with Gasteiger partial charge in [-0.15, -0.1) is 0 Å². The van der Waals surface area contributed by atoms with Crippen molar-refractivity contribution in [1.29, 1.82) is 0 Å². The fourth-order valence-corrected chi connectivity index (χ4v) is 3.71. The van der Waals surface area contributed by atoms with Gasteiger partial charge in [-0.3, -0.25) is 9.59 Å². The number of hydrogen-bond acceptors (Lipinski definition) is 5. The Morgan fingerprint density at radius 2 is 2.06 bits per heavy atom. The number of methoxy groups -OCH3 is 1. The lowest BCUT2D eigenvalue weighted by atomic mass is 10.1. The van der Waals surface area contributed by atoms with Crippen molar-refractivity contribution in [2.24, 2.45) is 11.7 Å². The summed E-state index contributed by atoms with van der Waals surface area (Å²) in [5.74, 6) is -1.96. The number of nitrogens with two attached hydrogens (primary N) is 1. The number of rotatable bonds is 5. The molecule has 0 aromatic carbocycles. The summed E-state index contributed by atoms with van der Waals surface area (Å²) in [6.45, 7) is -0.452. The zero-order valence-electron chi connectivity index (χ0n) is 9.51. The zero-order valence-corrected chi connectivity index (χ0v) is 10.3. The molecule has 17 heavy (non-hydrogen) atoms. The lowest BCUT2D eigenvalue weighted by Crippen LogP contribution is -2.42. The number of sulfonamides is 1. The number of primary amides is 1. The van der Waals surface area contributed by atoms with E-state index in [2.05, 4.69) is 9.46 Å². The Morgan fingerprint density at radius 1 is 1.41 bits per heavy atom. The molecule has 1 aliphatic rings. The molecule has 0 heterocycles. The molecule has 0 aromatic rings. The SMILES string of the molecule is COC(=O)C1CCCC1S(=O)(=O)NCC(N)=O. The molecular weight excluding hydrogens is 248 g/mol. The van der Waals surface area contributed by atoms with Gasteiger partial charge in [-0.1, -0.05) is 6.42 Å². The Kier molecular flexibility index (Phi) is 4.47. The highest BCUT2D eigenvalue weighted by atomic mass is 32.2. The number of nitrogens with one attached hydrogen (secondary N) is 1. The average molecular weight is 264 g/mol. The predicted molar refractivity (Wildman–Crippen MR) is 59.3 cm³/mol. The van der Waals surface area contributed by atoms with E-state index in [-0.39, 0.29) is 0 Å². The van der Waals surface area contributed by atoms with Gasteiger partial charge in [0.2, 0.25) is 15.9 Å². The fourth-order valence-electron chi connectivity index (χ4n) is 2.00. The number of hydrogen-bond donors (Lipinski definition) is 2. The number of carbonyl (C=O) groups is 2. The van der Waals surface area contributed by atoms with Gasteiger partial charge in [0.15, 0.2) is 0 Å². The van der Waals surface area contributed by atoms with Gasteiger partial charge in [-0.05, 0) is 12.8 Å². The van der Waals surface area contributed by atoms with E-state index in [1.165, 1.54) is 7.11 Å². The van der Waals surface area contributed by atoms with Crippen LogP contribution in [-0.2, 0) is 24.3 Å². The normalized spacial score (nSPS) is 24.5. The van der Waals surface area contributed by atoms with Gasteiger partial charge in [-0.25, -0.2) is 13.1 Å². The molecule has 1 saturated carbocycles. The third-order valence-corrected chi connectivity index (χ3v) is 4.71. The number of carbonyl (C=O) groups excluding carboxylic acids is 2. The fraction of sp³-hybridized carbons (Fsp3) is 0.778. The largest absolute Gasteiger partial charge is 0.469 e. The number of esters is 1. The van der Waals surface area contributed by atoms with Crippen molar-refractivity contribution < 1.29 is 22.7 Å². The molecule has 1 rings (SSSR count). The van der Waals surface area contributed by atoms with E-state index in [4.69, 9.17) is 5.73 Å². The molecule has 8 heteroatoms. The minimum Gasteiger partial charge on any atom is -0.469 e. The molecule has 2 atom stereocenters. The van der Waals surface area contributed by atoms with Crippen molar-refractivity contribution >= 4 is 21.9 Å². The molecule has 3 N–H and O–H groups in total. The Bertz CT molecular complexity index is 406. The highest BCUT2D eigenvalue weighted by Crippen LogP contribution is 2.31. The van der Waals surface area contributed by atoms with E-state index in [1.54, 1.807) is 0 Å². The van der Waals surface area contributed by atoms with Crippen LogP contribution >= 0.6 is 0 Å². The van der Waals surface area contributed by atoms with Crippen molar-refractivity contribution in [3.05, 3.63) is 0 Å². The minimum atomic E-state index is -3.71. The second-order valence-electron chi connectivity index (χ2n) is 3.93. The minimum absolute atomic E-state index is 0.383. The van der Waals surface area contributed by atoms with Crippen LogP contribution in [0.2, 0.25) is 0 Å². The van der Waals surface area contributed by atoms with Gasteiger partial charge < -0.3 is 10.5 Å². The first kappa shape index (κ1) is 13.9. The Morgan fingerprint density at radius 3 is 2.59 bits per heavy atom. The van der Waals surface area contributed by atoms with E-state index >= 15 is 0 Å². The van der Waals surface area contributed by atoms with Crippen LogP contribution in [0.5, 0.6) is 0 Å². The second kappa shape index (κ2) is 5.46. The second-order valence-corrected chi connectivity index (χ2v) is 5.92. The smallest absolute Gasteiger partial charge is 0.310 e. The van der Waals surface area contributed by atoms with E-state index in [0.29, 0.717) is 19.3 Å². The lowest BCUT2D eigenvalue weighted by Gasteiger charge is -2.17. The molecule has 98 valence electrons. The van der Waals surface area contributed by atoms with Crippen molar-refractivity contribution in [3.63, 3.8) is 0 Å². The van der Waals surface area contributed by atoms with Gasteiger partial charge in [0.05, 0.1) is 24.8 Å². The molecule has 0 aromatic heterocycles. The predicted octanol–water partition coefficient (Wildman–Crippen LogP) is -1.27. The Hall–Kier alpha value is -1.15. The van der Waals surface area contributed by atoms with Crippen molar-refractivity contribution in [2.75, 3.05) is 13.7 Å². The molecule has 0 saturated heterocycles. The summed E-state index contributed by atoms with van der Waals surface area (Å²) in [6, 6.07) is 0. The maximum absolute atomic E-state index is 11.8. The molecular formula is C9H16N2O5S. The van der Waals surface area contributed by atoms with Gasteiger partial charge in [0.25, 0.3) is 0 Å². The first-order valence-electron chi connectivity index (χ1n) is 5.23. The molecule has 1 fully saturated rings. The monoisotopic (exact) mass is 264 g/mol. The summed E-state index contributed by atoms with van der Waals surface area (Å²) in [4.78, 5) is 21.9. The quantitative estimate of drug-likeness (QED) is 0.601. The van der Waals surface area contributed by atoms with Crippen LogP contribution in [0, 0.1) is 5.92 Å². The first-order chi connectivity index (χ1) is 7.88. The molecule has 0 radical (unpaired) electrons. The highest BCUT2D eigenvalue weighted by Gasteiger charge is 2.42. The third kappa shape index (κ3) is 3.40. The Balaban J connectivity index is 2.76. The third-order valence-electron chi connectivity index (χ3n) is 2.80. The van der Waals surface area contributed by atoms with Crippen LogP contribution in [0.25, 0.3) is 0 Å². The van der Waals surface area contributed by atoms with E-state index in [1.807, 2.05) is 0 Å². The first-order valence-corrected chi connectivity index (χ1v) is 6.77. The summed E-state index contributed by atoms with van der Waals surface area (Å²) < 4.78 is 30.3. The topological polar surface area (TPSA) is 116 Å². The lowest BCUT2D eigenvalue weighted by molar-refractivity contribution is -0.145. The molecule has 1 amide bonds. The van der Waals surface area contributed by atoms with Gasteiger partial charge in [0, 0.05) is 0 Å². The standard InChI is InChI=1S/C9H16N2O5S/c1-16-9(13)6-3-2-4-7(6)17(14,15)11-5-8(10)12/h6-7,11H,2-5H2,1H3,(H2,10,12). The zero-order chi connectivity index (χ0) is 13.1. The summed E-state index contributed by atoms with van der Waals surface area (Å²) in [5.41, 5.74) is 4.86.